The van der Waals surface area contributed by atoms with Crippen molar-refractivity contribution in [2.24, 2.45) is 0 Å². The first-order chi connectivity index (χ1) is 19.8. The molecule has 2 atom stereocenters. The summed E-state index contributed by atoms with van der Waals surface area (Å²) in [7, 11) is 0. The summed E-state index contributed by atoms with van der Waals surface area (Å²) >= 11 is 0. The minimum Gasteiger partial charge on any atom is -0.357 e. The Balaban J connectivity index is 0.00000256. The normalized spacial score (nSPS) is 18.5. The Morgan fingerprint density at radius 3 is 1.27 bits per heavy atom. The molecule has 8 bridgehead atoms. The number of rotatable bonds is 0. The molecule has 0 amide bonds. The molecule has 3 aromatic heterocycles. The molecule has 9 rings (SSSR count). The summed E-state index contributed by atoms with van der Waals surface area (Å²) in [6, 6.07) is 16.0. The van der Waals surface area contributed by atoms with Gasteiger partial charge in [-0.2, -0.15) is 0 Å². The maximum atomic E-state index is 4.99. The van der Waals surface area contributed by atoms with Crippen LogP contribution in [0.3, 0.4) is 0 Å². The molecule has 5 heterocycles. The fourth-order valence-corrected chi connectivity index (χ4v) is 5.76. The van der Waals surface area contributed by atoms with Gasteiger partial charge in [-0.3, -0.25) is 0 Å². The molecule has 2 unspecified atom stereocenters. The van der Waals surface area contributed by atoms with Crippen molar-refractivity contribution in [3.63, 3.8) is 0 Å². The van der Waals surface area contributed by atoms with E-state index in [1.807, 2.05) is 85.0 Å². The van der Waals surface area contributed by atoms with E-state index in [2.05, 4.69) is 12.2 Å². The summed E-state index contributed by atoms with van der Waals surface area (Å²) in [6.45, 7) is 0. The minimum absolute atomic E-state index is 0. The van der Waals surface area contributed by atoms with E-state index in [4.69, 9.17) is 39.9 Å². The van der Waals surface area contributed by atoms with Gasteiger partial charge in [0.2, 0.25) is 0 Å². The van der Waals surface area contributed by atoms with Crippen LogP contribution in [-0.2, 0) is 17.1 Å². The van der Waals surface area contributed by atoms with Gasteiger partial charge in [-0.05, 0) is 32.7 Å². The summed E-state index contributed by atoms with van der Waals surface area (Å²) < 4.78 is 0. The Morgan fingerprint density at radius 2 is 0.854 bits per heavy atom. The van der Waals surface area contributed by atoms with Gasteiger partial charge in [-0.15, -0.1) is 0 Å². The first-order valence-electron chi connectivity index (χ1n) is 13.1. The zero-order chi connectivity index (χ0) is 26.2. The number of benzene rings is 2. The molecular formula is C32H18CuN8. The zero-order valence-electron chi connectivity index (χ0n) is 21.3. The molecule has 0 spiro atoms. The van der Waals surface area contributed by atoms with Crippen LogP contribution >= 0.6 is 0 Å². The van der Waals surface area contributed by atoms with Crippen molar-refractivity contribution >= 4 is 55.3 Å². The van der Waals surface area contributed by atoms with E-state index in [1.54, 1.807) is 0 Å². The molecule has 0 saturated carbocycles. The Hall–Kier alpha value is -4.98. The predicted octanol–water partition coefficient (Wildman–Crippen LogP) is 3.58. The molecule has 5 aromatic rings. The topological polar surface area (TPSA) is 106 Å². The molecule has 197 valence electrons. The number of fused-ring (bicyclic) bond motifs is 18. The van der Waals surface area contributed by atoms with E-state index in [0.717, 1.165) is 32.7 Å². The van der Waals surface area contributed by atoms with Gasteiger partial charge in [0.25, 0.3) is 0 Å². The first-order valence-corrected chi connectivity index (χ1v) is 13.1. The van der Waals surface area contributed by atoms with Crippen molar-refractivity contribution in [1.29, 1.82) is 0 Å². The quantitative estimate of drug-likeness (QED) is 0.257. The Morgan fingerprint density at radius 1 is 0.463 bits per heavy atom. The molecule has 1 radical (unpaired) electrons. The number of aromatic nitrogens is 8. The van der Waals surface area contributed by atoms with Crippen LogP contribution in [-0.4, -0.2) is 29.9 Å². The van der Waals surface area contributed by atoms with Gasteiger partial charge in [-0.25, -0.2) is 9.97 Å². The summed E-state index contributed by atoms with van der Waals surface area (Å²) in [4.78, 5) is 39.5. The van der Waals surface area contributed by atoms with Crippen LogP contribution in [0.5, 0.6) is 0 Å². The molecule has 4 aliphatic rings. The zero-order valence-corrected chi connectivity index (χ0v) is 22.2. The number of allylic oxidation sites excluding steroid dienone is 8. The maximum absolute atomic E-state index is 4.99. The van der Waals surface area contributed by atoms with Crippen molar-refractivity contribution < 1.29 is 17.1 Å². The van der Waals surface area contributed by atoms with Crippen LogP contribution in [0.2, 0.25) is 0 Å². The van der Waals surface area contributed by atoms with E-state index in [-0.39, 0.29) is 28.9 Å². The van der Waals surface area contributed by atoms with Crippen LogP contribution in [0.15, 0.2) is 97.1 Å². The van der Waals surface area contributed by atoms with E-state index >= 15 is 0 Å². The summed E-state index contributed by atoms with van der Waals surface area (Å²) in [5, 5.41) is 3.65. The van der Waals surface area contributed by atoms with Crippen molar-refractivity contribution in [3.05, 3.63) is 120 Å². The van der Waals surface area contributed by atoms with Gasteiger partial charge in [0.05, 0.1) is 22.6 Å². The van der Waals surface area contributed by atoms with Gasteiger partial charge < -0.3 is 29.9 Å². The van der Waals surface area contributed by atoms with Crippen LogP contribution < -0.4 is 20.9 Å². The van der Waals surface area contributed by atoms with Crippen molar-refractivity contribution in [2.45, 2.75) is 11.8 Å². The van der Waals surface area contributed by atoms with Crippen molar-refractivity contribution in [1.82, 2.24) is 39.9 Å². The fraction of sp³-hybridized carbons (Fsp3) is 0.0625. The number of nitrogens with zero attached hydrogens (tertiary/aromatic N) is 8. The summed E-state index contributed by atoms with van der Waals surface area (Å²) in [5.74, 6) is 1.05. The van der Waals surface area contributed by atoms with E-state index in [1.165, 1.54) is 0 Å². The van der Waals surface area contributed by atoms with E-state index in [0.29, 0.717) is 45.2 Å². The first kappa shape index (κ1) is 23.9. The van der Waals surface area contributed by atoms with Gasteiger partial charge in [0, 0.05) is 34.4 Å². The molecule has 9 heteroatoms. The fourth-order valence-electron chi connectivity index (χ4n) is 5.76. The van der Waals surface area contributed by atoms with Crippen LogP contribution in [0.1, 0.15) is 23.5 Å². The third-order valence-corrected chi connectivity index (χ3v) is 7.67. The minimum atomic E-state index is -0.118. The molecule has 0 saturated heterocycles. The smallest absolute Gasteiger partial charge is 0.357 e. The largest absolute Gasteiger partial charge is 2.00 e. The molecule has 8 nitrogen and oxygen atoms in total. The molecule has 2 aromatic carbocycles. The van der Waals surface area contributed by atoms with E-state index < -0.39 is 0 Å². The third kappa shape index (κ3) is 3.60. The molecule has 0 fully saturated rings. The average Bonchev–Trinajstić information content (AvgIpc) is 3.73. The summed E-state index contributed by atoms with van der Waals surface area (Å²) in [5.41, 5.74) is 5.45. The molecule has 2 aliphatic heterocycles. The Bertz CT molecular complexity index is 2200. The predicted molar refractivity (Wildman–Crippen MR) is 153 cm³/mol. The van der Waals surface area contributed by atoms with Crippen molar-refractivity contribution in [2.75, 3.05) is 0 Å². The van der Waals surface area contributed by atoms with Gasteiger partial charge in [0.15, 0.2) is 0 Å². The molecular weight excluding hydrogens is 560 g/mol. The SMILES string of the molecule is C1=CC2=c3nc(nc4[n-]c(nc5nc(nc6[n-]c(n3)c3ccccc63)=C3C=CC=CC35)c3ccccc43)C2C=C1.[Cu+2]. The van der Waals surface area contributed by atoms with Crippen molar-refractivity contribution in [3.8, 4) is 0 Å². The molecule has 41 heavy (non-hydrogen) atoms. The average molecular weight is 578 g/mol. The molecule has 2 aliphatic carbocycles. The molecule has 0 N–H and O–H groups in total. The number of hydrogen-bond donors (Lipinski definition) is 0. The van der Waals surface area contributed by atoms with E-state index in [9.17, 15) is 0 Å². The monoisotopic (exact) mass is 577 g/mol. The van der Waals surface area contributed by atoms with Gasteiger partial charge in [-0.1, -0.05) is 97.1 Å². The van der Waals surface area contributed by atoms with Crippen LogP contribution in [0, 0.1) is 0 Å². The van der Waals surface area contributed by atoms with Gasteiger partial charge in [0.1, 0.15) is 0 Å². The Kier molecular flexibility index (Phi) is 5.25. The van der Waals surface area contributed by atoms with Crippen LogP contribution in [0.25, 0.3) is 55.3 Å². The second-order valence-electron chi connectivity index (χ2n) is 10.00. The third-order valence-electron chi connectivity index (χ3n) is 7.67. The second-order valence-corrected chi connectivity index (χ2v) is 10.00. The Labute approximate surface area is 243 Å². The second kappa shape index (κ2) is 9.02. The standard InChI is InChI=1S/C32H18N8.Cu/c1-2-10-18-17(9-1)25-33-26(18)38-28-21-13-5-6-14-22(21)30(35-28)40-32-24-16-8-7-15-23(24)31(36-32)39-29-20-12-4-3-11-19(20)27(34-29)37-25;/h1-17,23H;/q-2;+2. The van der Waals surface area contributed by atoms with Gasteiger partial charge >= 0.3 is 17.1 Å². The maximum Gasteiger partial charge on any atom is 2.00 e. The summed E-state index contributed by atoms with van der Waals surface area (Å²) in [6.07, 6.45) is 16.3. The van der Waals surface area contributed by atoms with Crippen LogP contribution in [0.4, 0.5) is 0 Å². The number of hydrogen-bond acceptors (Lipinski definition) is 6.